The van der Waals surface area contributed by atoms with E-state index >= 15 is 0 Å². The summed E-state index contributed by atoms with van der Waals surface area (Å²) in [5.74, 6) is 1.37. The molecular formula is C15H14N4O4. The van der Waals surface area contributed by atoms with Crippen molar-refractivity contribution in [1.82, 2.24) is 15.0 Å². The summed E-state index contributed by atoms with van der Waals surface area (Å²) in [6.45, 7) is 0. The Kier molecular flexibility index (Phi) is 3.96. The molecule has 3 rings (SSSR count). The average molecular weight is 314 g/mol. The third-order valence-corrected chi connectivity index (χ3v) is 2.98. The van der Waals surface area contributed by atoms with Gasteiger partial charge < -0.3 is 24.4 Å². The molecule has 2 heterocycles. The highest BCUT2D eigenvalue weighted by molar-refractivity contribution is 5.77. The number of methoxy groups -OCH3 is 2. The van der Waals surface area contributed by atoms with Gasteiger partial charge in [-0.05, 0) is 12.1 Å². The molecule has 0 aliphatic heterocycles. The minimum atomic E-state index is 0.0552. The number of nitrogens with zero attached hydrogens (tertiary/aromatic N) is 3. The summed E-state index contributed by atoms with van der Waals surface area (Å²) in [5.41, 5.74) is 6.98. The predicted molar refractivity (Wildman–Crippen MR) is 81.6 cm³/mol. The second-order valence-corrected chi connectivity index (χ2v) is 4.39. The first kappa shape index (κ1) is 14.6. The van der Waals surface area contributed by atoms with Crippen molar-refractivity contribution in [3.8, 4) is 35.0 Å². The molecule has 2 aromatic heterocycles. The molecule has 0 amide bonds. The molecule has 0 radical (unpaired) electrons. The van der Waals surface area contributed by atoms with E-state index in [1.807, 2.05) is 0 Å². The molecule has 3 aromatic rings. The van der Waals surface area contributed by atoms with Crippen molar-refractivity contribution in [2.24, 2.45) is 0 Å². The quantitative estimate of drug-likeness (QED) is 0.716. The highest BCUT2D eigenvalue weighted by Crippen LogP contribution is 2.36. The smallest absolute Gasteiger partial charge is 0.328 e. The predicted octanol–water partition coefficient (Wildman–Crippen LogP) is 2.52. The molecule has 0 aliphatic carbocycles. The standard InChI is InChI=1S/C15H14N4O4/c1-20-11-8-12(21-2)19-15(18-11)23-10-5-3-4-9(16)13(10)14-17-6-7-22-14/h3-8H,16H2,1-2H3. The van der Waals surface area contributed by atoms with E-state index in [0.717, 1.165) is 0 Å². The molecule has 118 valence electrons. The molecule has 0 saturated carbocycles. The normalized spacial score (nSPS) is 10.3. The van der Waals surface area contributed by atoms with Gasteiger partial charge in [0.25, 0.3) is 0 Å². The van der Waals surface area contributed by atoms with Gasteiger partial charge in [0.05, 0.1) is 26.5 Å². The van der Waals surface area contributed by atoms with Crippen LogP contribution in [0, 0.1) is 0 Å². The highest BCUT2D eigenvalue weighted by atomic mass is 16.5. The summed E-state index contributed by atoms with van der Waals surface area (Å²) in [4.78, 5) is 12.3. The Labute approximate surface area is 131 Å². The van der Waals surface area contributed by atoms with E-state index in [4.69, 9.17) is 24.4 Å². The Morgan fingerprint density at radius 1 is 1.09 bits per heavy atom. The topological polar surface area (TPSA) is 106 Å². The van der Waals surface area contributed by atoms with Crippen LogP contribution < -0.4 is 19.9 Å². The van der Waals surface area contributed by atoms with Crippen LogP contribution in [0.3, 0.4) is 0 Å². The Morgan fingerprint density at radius 3 is 2.43 bits per heavy atom. The summed E-state index contributed by atoms with van der Waals surface area (Å²) >= 11 is 0. The number of rotatable bonds is 5. The van der Waals surface area contributed by atoms with Gasteiger partial charge in [-0.15, -0.1) is 0 Å². The minimum absolute atomic E-state index is 0.0552. The van der Waals surface area contributed by atoms with E-state index in [2.05, 4.69) is 15.0 Å². The largest absolute Gasteiger partial charge is 0.481 e. The zero-order valence-electron chi connectivity index (χ0n) is 12.5. The summed E-state index contributed by atoms with van der Waals surface area (Å²) in [7, 11) is 2.98. The van der Waals surface area contributed by atoms with Gasteiger partial charge >= 0.3 is 6.01 Å². The minimum Gasteiger partial charge on any atom is -0.481 e. The highest BCUT2D eigenvalue weighted by Gasteiger charge is 2.17. The third-order valence-electron chi connectivity index (χ3n) is 2.98. The van der Waals surface area contributed by atoms with Gasteiger partial charge in [-0.25, -0.2) is 4.98 Å². The fourth-order valence-corrected chi connectivity index (χ4v) is 1.95. The van der Waals surface area contributed by atoms with Crippen LogP contribution in [0.2, 0.25) is 0 Å². The first-order valence-electron chi connectivity index (χ1n) is 6.64. The lowest BCUT2D eigenvalue weighted by molar-refractivity contribution is 0.348. The van der Waals surface area contributed by atoms with E-state index in [-0.39, 0.29) is 6.01 Å². The van der Waals surface area contributed by atoms with Gasteiger partial charge in [0.1, 0.15) is 17.6 Å². The van der Waals surface area contributed by atoms with Gasteiger partial charge in [0.2, 0.25) is 17.7 Å². The number of anilines is 1. The number of oxazole rings is 1. The maximum atomic E-state index is 6.01. The number of benzene rings is 1. The third kappa shape index (κ3) is 3.00. The number of ether oxygens (including phenoxy) is 3. The van der Waals surface area contributed by atoms with Crippen molar-refractivity contribution in [1.29, 1.82) is 0 Å². The van der Waals surface area contributed by atoms with Crippen LogP contribution in [0.4, 0.5) is 5.69 Å². The van der Waals surface area contributed by atoms with Crippen LogP contribution in [-0.2, 0) is 0 Å². The molecule has 0 saturated heterocycles. The molecule has 0 spiro atoms. The van der Waals surface area contributed by atoms with E-state index < -0.39 is 0 Å². The number of nitrogen functional groups attached to an aromatic ring is 1. The molecule has 1 aromatic carbocycles. The Hall–Kier alpha value is -3.29. The van der Waals surface area contributed by atoms with Crippen LogP contribution in [0.25, 0.3) is 11.5 Å². The van der Waals surface area contributed by atoms with E-state index in [1.165, 1.54) is 26.7 Å². The molecule has 0 atom stereocenters. The molecule has 8 heteroatoms. The van der Waals surface area contributed by atoms with Crippen molar-refractivity contribution in [2.75, 3.05) is 20.0 Å². The van der Waals surface area contributed by atoms with Crippen molar-refractivity contribution in [3.63, 3.8) is 0 Å². The van der Waals surface area contributed by atoms with Gasteiger partial charge in [-0.1, -0.05) is 6.07 Å². The molecule has 23 heavy (non-hydrogen) atoms. The summed E-state index contributed by atoms with van der Waals surface area (Å²) < 4.78 is 21.2. The van der Waals surface area contributed by atoms with Crippen LogP contribution in [0.15, 0.2) is 41.1 Å². The van der Waals surface area contributed by atoms with Gasteiger partial charge in [0, 0.05) is 5.69 Å². The fourth-order valence-electron chi connectivity index (χ4n) is 1.95. The molecular weight excluding hydrogens is 300 g/mol. The first-order valence-corrected chi connectivity index (χ1v) is 6.64. The molecule has 0 unspecified atom stereocenters. The van der Waals surface area contributed by atoms with Crippen LogP contribution in [0.1, 0.15) is 0 Å². The lowest BCUT2D eigenvalue weighted by Gasteiger charge is -2.11. The molecule has 0 bridgehead atoms. The van der Waals surface area contributed by atoms with E-state index in [9.17, 15) is 0 Å². The Bertz CT molecular complexity index is 783. The van der Waals surface area contributed by atoms with Crippen molar-refractivity contribution in [3.05, 3.63) is 36.7 Å². The van der Waals surface area contributed by atoms with Gasteiger partial charge in [-0.3, -0.25) is 0 Å². The Balaban J connectivity index is 2.03. The zero-order chi connectivity index (χ0) is 16.2. The van der Waals surface area contributed by atoms with Crippen molar-refractivity contribution in [2.45, 2.75) is 0 Å². The second-order valence-electron chi connectivity index (χ2n) is 4.39. The molecule has 0 fully saturated rings. The summed E-state index contributed by atoms with van der Waals surface area (Å²) in [6, 6.07) is 6.78. The van der Waals surface area contributed by atoms with Gasteiger partial charge in [0.15, 0.2) is 0 Å². The maximum absolute atomic E-state index is 6.01. The molecule has 0 aliphatic rings. The molecule has 2 N–H and O–H groups in total. The summed E-state index contributed by atoms with van der Waals surface area (Å²) in [5, 5.41) is 0. The second kappa shape index (κ2) is 6.22. The van der Waals surface area contributed by atoms with E-state index in [1.54, 1.807) is 24.3 Å². The van der Waals surface area contributed by atoms with Crippen LogP contribution in [-0.4, -0.2) is 29.2 Å². The number of aromatic nitrogens is 3. The monoisotopic (exact) mass is 314 g/mol. The Morgan fingerprint density at radius 2 is 1.83 bits per heavy atom. The van der Waals surface area contributed by atoms with E-state index in [0.29, 0.717) is 34.7 Å². The maximum Gasteiger partial charge on any atom is 0.328 e. The zero-order valence-corrected chi connectivity index (χ0v) is 12.5. The van der Waals surface area contributed by atoms with Crippen LogP contribution >= 0.6 is 0 Å². The SMILES string of the molecule is COc1cc(OC)nc(Oc2cccc(N)c2-c2ncco2)n1. The summed E-state index contributed by atoms with van der Waals surface area (Å²) in [6.07, 6.45) is 2.98. The molecule has 8 nitrogen and oxygen atoms in total. The lowest BCUT2D eigenvalue weighted by atomic mass is 10.1. The van der Waals surface area contributed by atoms with Crippen LogP contribution in [0.5, 0.6) is 23.5 Å². The van der Waals surface area contributed by atoms with Crippen molar-refractivity contribution < 1.29 is 18.6 Å². The van der Waals surface area contributed by atoms with Crippen molar-refractivity contribution >= 4 is 5.69 Å². The average Bonchev–Trinajstić information content (AvgIpc) is 3.08. The number of hydrogen-bond donors (Lipinski definition) is 1. The fraction of sp³-hybridized carbons (Fsp3) is 0.133. The number of nitrogens with two attached hydrogens (primary N) is 1. The lowest BCUT2D eigenvalue weighted by Crippen LogP contribution is -2.00. The van der Waals surface area contributed by atoms with Gasteiger partial charge in [-0.2, -0.15) is 9.97 Å². The first-order chi connectivity index (χ1) is 11.2. The number of hydrogen-bond acceptors (Lipinski definition) is 8.